The van der Waals surface area contributed by atoms with Crippen molar-refractivity contribution >= 4 is 29.2 Å². The molecule has 0 bridgehead atoms. The summed E-state index contributed by atoms with van der Waals surface area (Å²) in [5, 5.41) is 2.71. The number of fused-ring (bicyclic) bond motifs is 1. The summed E-state index contributed by atoms with van der Waals surface area (Å²) in [6, 6.07) is 11.7. The molecule has 1 N–H and O–H groups in total. The number of hydrogen-bond acceptors (Lipinski definition) is 6. The van der Waals surface area contributed by atoms with Gasteiger partial charge in [-0.2, -0.15) is 0 Å². The van der Waals surface area contributed by atoms with Crippen molar-refractivity contribution in [2.45, 2.75) is 20.3 Å². The van der Waals surface area contributed by atoms with Gasteiger partial charge in [0.2, 0.25) is 5.91 Å². The average molecular weight is 412 g/mol. The van der Waals surface area contributed by atoms with Crippen LogP contribution in [0.3, 0.4) is 0 Å². The van der Waals surface area contributed by atoms with E-state index in [0.717, 1.165) is 6.42 Å². The third kappa shape index (κ3) is 4.89. The molecule has 0 saturated heterocycles. The van der Waals surface area contributed by atoms with Gasteiger partial charge in [-0.3, -0.25) is 14.5 Å². The summed E-state index contributed by atoms with van der Waals surface area (Å²) in [5.41, 5.74) is 1.35. The molecule has 0 aromatic heterocycles. The Balaban J connectivity index is 1.67. The molecule has 0 spiro atoms. The van der Waals surface area contributed by atoms with E-state index < -0.39 is 18.5 Å². The van der Waals surface area contributed by atoms with Gasteiger partial charge in [0, 0.05) is 0 Å². The van der Waals surface area contributed by atoms with Crippen molar-refractivity contribution in [1.82, 2.24) is 0 Å². The topological polar surface area (TPSA) is 94.2 Å². The minimum absolute atomic E-state index is 0.134. The van der Waals surface area contributed by atoms with Gasteiger partial charge in [0.25, 0.3) is 5.91 Å². The van der Waals surface area contributed by atoms with E-state index in [9.17, 15) is 14.4 Å². The van der Waals surface area contributed by atoms with Crippen LogP contribution in [-0.2, 0) is 14.3 Å². The molecule has 0 atom stereocenters. The van der Waals surface area contributed by atoms with Crippen LogP contribution in [0, 0.1) is 0 Å². The van der Waals surface area contributed by atoms with Gasteiger partial charge in [-0.15, -0.1) is 0 Å². The number of carbonyl (C=O) groups is 3. The van der Waals surface area contributed by atoms with Crippen LogP contribution in [-0.4, -0.2) is 44.1 Å². The summed E-state index contributed by atoms with van der Waals surface area (Å²) < 4.78 is 16.4. The summed E-state index contributed by atoms with van der Waals surface area (Å²) in [6.45, 7) is 4.15. The van der Waals surface area contributed by atoms with E-state index in [-0.39, 0.29) is 18.0 Å². The lowest BCUT2D eigenvalue weighted by Crippen LogP contribution is -2.44. The lowest BCUT2D eigenvalue weighted by molar-refractivity contribution is -0.124. The summed E-state index contributed by atoms with van der Waals surface area (Å²) in [5.74, 6) is -0.479. The highest BCUT2D eigenvalue weighted by Crippen LogP contribution is 2.30. The predicted octanol–water partition coefficient (Wildman–Crippen LogP) is 3.02. The van der Waals surface area contributed by atoms with E-state index in [1.807, 2.05) is 13.8 Å². The van der Waals surface area contributed by atoms with Crippen LogP contribution in [0.2, 0.25) is 0 Å². The summed E-state index contributed by atoms with van der Waals surface area (Å²) in [7, 11) is 0. The minimum atomic E-state index is -0.666. The smallest absolute Gasteiger partial charge is 0.338 e. The van der Waals surface area contributed by atoms with Crippen LogP contribution in [0.1, 0.15) is 30.6 Å². The van der Waals surface area contributed by atoms with Crippen LogP contribution in [0.15, 0.2) is 42.5 Å². The predicted molar refractivity (Wildman–Crippen MR) is 111 cm³/mol. The summed E-state index contributed by atoms with van der Waals surface area (Å²) in [4.78, 5) is 38.2. The molecular weight excluding hydrogens is 388 g/mol. The molecule has 0 saturated carbocycles. The van der Waals surface area contributed by atoms with Crippen LogP contribution in [0.25, 0.3) is 0 Å². The monoisotopic (exact) mass is 412 g/mol. The summed E-state index contributed by atoms with van der Waals surface area (Å²) in [6.07, 6.45) is 0.842. The van der Waals surface area contributed by atoms with Gasteiger partial charge in [0.15, 0.2) is 18.1 Å². The number of amides is 2. The van der Waals surface area contributed by atoms with E-state index in [4.69, 9.17) is 14.2 Å². The van der Waals surface area contributed by atoms with E-state index >= 15 is 0 Å². The number of esters is 1. The maximum atomic E-state index is 12.6. The number of nitrogens with one attached hydrogen (secondary N) is 1. The maximum Gasteiger partial charge on any atom is 0.338 e. The molecule has 3 rings (SSSR count). The Labute approximate surface area is 174 Å². The fourth-order valence-corrected chi connectivity index (χ4v) is 2.98. The molecule has 158 valence electrons. The van der Waals surface area contributed by atoms with Gasteiger partial charge >= 0.3 is 5.97 Å². The molecule has 1 aliphatic heterocycles. The molecule has 2 amide bonds. The van der Waals surface area contributed by atoms with Gasteiger partial charge < -0.3 is 19.5 Å². The molecule has 8 nitrogen and oxygen atoms in total. The first-order chi connectivity index (χ1) is 14.5. The molecule has 2 aromatic carbocycles. The zero-order valence-corrected chi connectivity index (χ0v) is 17.0. The molecule has 0 unspecified atom stereocenters. The standard InChI is InChI=1S/C22H24N2O6/c1-3-11-29-18-10-9-15(12-19(18)28-4-2)22(27)30-14-21(26)24-13-20(25)23-16-7-5-6-8-17(16)24/h5-10,12H,3-4,11,13-14H2,1-2H3,(H,23,25). The highest BCUT2D eigenvalue weighted by molar-refractivity contribution is 6.10. The third-order valence-electron chi connectivity index (χ3n) is 4.34. The van der Waals surface area contributed by atoms with Gasteiger partial charge in [-0.05, 0) is 43.7 Å². The molecule has 2 aromatic rings. The number of carbonyl (C=O) groups excluding carboxylic acids is 3. The van der Waals surface area contributed by atoms with E-state index in [2.05, 4.69) is 5.32 Å². The fraction of sp³-hybridized carbons (Fsp3) is 0.318. The fourth-order valence-electron chi connectivity index (χ4n) is 2.98. The number of benzene rings is 2. The highest BCUT2D eigenvalue weighted by Gasteiger charge is 2.27. The van der Waals surface area contributed by atoms with Gasteiger partial charge in [0.1, 0.15) is 6.54 Å². The van der Waals surface area contributed by atoms with Crippen molar-refractivity contribution in [2.24, 2.45) is 0 Å². The van der Waals surface area contributed by atoms with Gasteiger partial charge in [-0.25, -0.2) is 4.79 Å². The van der Waals surface area contributed by atoms with E-state index in [1.54, 1.807) is 36.4 Å². The lowest BCUT2D eigenvalue weighted by Gasteiger charge is -2.28. The van der Waals surface area contributed by atoms with Gasteiger partial charge in [0.05, 0.1) is 30.2 Å². The zero-order valence-electron chi connectivity index (χ0n) is 17.0. The number of hydrogen-bond donors (Lipinski definition) is 1. The third-order valence-corrected chi connectivity index (χ3v) is 4.34. The summed E-state index contributed by atoms with van der Waals surface area (Å²) >= 11 is 0. The molecule has 1 heterocycles. The Bertz CT molecular complexity index is 943. The van der Waals surface area contributed by atoms with Crippen LogP contribution >= 0.6 is 0 Å². The van der Waals surface area contributed by atoms with Gasteiger partial charge in [-0.1, -0.05) is 19.1 Å². The van der Waals surface area contributed by atoms with Crippen molar-refractivity contribution in [3.05, 3.63) is 48.0 Å². The van der Waals surface area contributed by atoms with Crippen LogP contribution < -0.4 is 19.7 Å². The molecule has 30 heavy (non-hydrogen) atoms. The Morgan fingerprint density at radius 1 is 1.07 bits per heavy atom. The zero-order chi connectivity index (χ0) is 21.5. The molecular formula is C22H24N2O6. The molecule has 0 radical (unpaired) electrons. The SMILES string of the molecule is CCCOc1ccc(C(=O)OCC(=O)N2CC(=O)Nc3ccccc32)cc1OCC. The Morgan fingerprint density at radius 3 is 2.63 bits per heavy atom. The number of para-hydroxylation sites is 2. The van der Waals surface area contributed by atoms with E-state index in [1.165, 1.54) is 11.0 Å². The molecule has 8 heteroatoms. The quantitative estimate of drug-likeness (QED) is 0.670. The van der Waals surface area contributed by atoms with Crippen LogP contribution in [0.4, 0.5) is 11.4 Å². The first-order valence-corrected chi connectivity index (χ1v) is 9.79. The number of nitrogens with zero attached hydrogens (tertiary/aromatic N) is 1. The Morgan fingerprint density at radius 2 is 1.87 bits per heavy atom. The molecule has 1 aliphatic rings. The number of anilines is 2. The minimum Gasteiger partial charge on any atom is -0.490 e. The largest absolute Gasteiger partial charge is 0.490 e. The van der Waals surface area contributed by atoms with Crippen molar-refractivity contribution < 1.29 is 28.6 Å². The first-order valence-electron chi connectivity index (χ1n) is 9.79. The van der Waals surface area contributed by atoms with E-state index in [0.29, 0.717) is 36.1 Å². The van der Waals surface area contributed by atoms with Crippen molar-refractivity contribution in [1.29, 1.82) is 0 Å². The lowest BCUT2D eigenvalue weighted by atomic mass is 10.2. The molecule has 0 fully saturated rings. The molecule has 0 aliphatic carbocycles. The Hall–Kier alpha value is -3.55. The van der Waals surface area contributed by atoms with Crippen molar-refractivity contribution in [3.8, 4) is 11.5 Å². The van der Waals surface area contributed by atoms with Crippen molar-refractivity contribution in [2.75, 3.05) is 36.6 Å². The van der Waals surface area contributed by atoms with Crippen LogP contribution in [0.5, 0.6) is 11.5 Å². The second kappa shape index (κ2) is 9.78. The second-order valence-electron chi connectivity index (χ2n) is 6.56. The first kappa shape index (κ1) is 21.2. The normalized spacial score (nSPS) is 12.6. The highest BCUT2D eigenvalue weighted by atomic mass is 16.5. The number of rotatable bonds is 8. The second-order valence-corrected chi connectivity index (χ2v) is 6.56. The van der Waals surface area contributed by atoms with Crippen molar-refractivity contribution in [3.63, 3.8) is 0 Å². The number of ether oxygens (including phenoxy) is 3. The maximum absolute atomic E-state index is 12.6. The average Bonchev–Trinajstić information content (AvgIpc) is 2.75. The Kier molecular flexibility index (Phi) is 6.90.